The fraction of sp³-hybridized carbons (Fsp3) is 0.667. The van der Waals surface area contributed by atoms with Gasteiger partial charge >= 0.3 is 5.97 Å². The topological polar surface area (TPSA) is 37.3 Å². The first kappa shape index (κ1) is 8.31. The van der Waals surface area contributed by atoms with Gasteiger partial charge in [-0.05, 0) is 18.8 Å². The second-order valence-electron chi connectivity index (χ2n) is 3.12. The lowest BCUT2D eigenvalue weighted by Crippen LogP contribution is -2.18. The summed E-state index contributed by atoms with van der Waals surface area (Å²) >= 11 is 0. The maximum Gasteiger partial charge on any atom is 0.310 e. The van der Waals surface area contributed by atoms with E-state index in [-0.39, 0.29) is 5.92 Å². The minimum Gasteiger partial charge on any atom is -0.481 e. The van der Waals surface area contributed by atoms with Crippen LogP contribution in [0.3, 0.4) is 0 Å². The van der Waals surface area contributed by atoms with Crippen molar-refractivity contribution in [2.45, 2.75) is 26.2 Å². The zero-order chi connectivity index (χ0) is 8.27. The Labute approximate surface area is 66.9 Å². The molecule has 0 aromatic rings. The van der Waals surface area contributed by atoms with Crippen LogP contribution in [-0.2, 0) is 4.79 Å². The smallest absolute Gasteiger partial charge is 0.310 e. The van der Waals surface area contributed by atoms with Gasteiger partial charge in [0.25, 0.3) is 0 Å². The summed E-state index contributed by atoms with van der Waals surface area (Å²) in [7, 11) is 0. The second-order valence-corrected chi connectivity index (χ2v) is 3.12. The van der Waals surface area contributed by atoms with E-state index in [4.69, 9.17) is 5.11 Å². The maximum atomic E-state index is 10.6. The van der Waals surface area contributed by atoms with Gasteiger partial charge in [-0.1, -0.05) is 25.5 Å². The Morgan fingerprint density at radius 1 is 1.73 bits per heavy atom. The first-order chi connectivity index (χ1) is 5.24. The first-order valence-electron chi connectivity index (χ1n) is 4.13. The quantitative estimate of drug-likeness (QED) is 0.618. The molecule has 0 bridgehead atoms. The Hall–Kier alpha value is -0.790. The third-order valence-electron chi connectivity index (χ3n) is 2.32. The number of rotatable bonds is 2. The number of carboxylic acids is 1. The van der Waals surface area contributed by atoms with Crippen molar-refractivity contribution in [2.75, 3.05) is 0 Å². The zero-order valence-electron chi connectivity index (χ0n) is 6.79. The molecule has 0 saturated heterocycles. The molecule has 0 fully saturated rings. The van der Waals surface area contributed by atoms with Crippen LogP contribution in [0.2, 0.25) is 0 Å². The van der Waals surface area contributed by atoms with Crippen LogP contribution in [0.5, 0.6) is 0 Å². The standard InChI is InChI=1S/C9H14O2/c1-2-7-4-3-5-8(6-7)9(10)11/h3,5,7-8H,2,4,6H2,1H3,(H,10,11). The summed E-state index contributed by atoms with van der Waals surface area (Å²) in [6.07, 6.45) is 6.78. The summed E-state index contributed by atoms with van der Waals surface area (Å²) in [5.41, 5.74) is 0. The highest BCUT2D eigenvalue weighted by Crippen LogP contribution is 2.25. The molecule has 1 rings (SSSR count). The average Bonchev–Trinajstić information content (AvgIpc) is 2.05. The Morgan fingerprint density at radius 3 is 3.00 bits per heavy atom. The van der Waals surface area contributed by atoms with E-state index in [1.807, 2.05) is 12.2 Å². The summed E-state index contributed by atoms with van der Waals surface area (Å²) in [4.78, 5) is 10.6. The third-order valence-corrected chi connectivity index (χ3v) is 2.32. The first-order valence-corrected chi connectivity index (χ1v) is 4.13. The lowest BCUT2D eigenvalue weighted by Gasteiger charge is -2.20. The molecule has 0 aliphatic heterocycles. The highest BCUT2D eigenvalue weighted by Gasteiger charge is 2.21. The summed E-state index contributed by atoms with van der Waals surface area (Å²) in [5.74, 6) is -0.325. The predicted octanol–water partition coefficient (Wildman–Crippen LogP) is 2.06. The van der Waals surface area contributed by atoms with Crippen molar-refractivity contribution < 1.29 is 9.90 Å². The van der Waals surface area contributed by atoms with E-state index in [1.54, 1.807) is 0 Å². The molecule has 0 aromatic heterocycles. The molecule has 0 aromatic carbocycles. The van der Waals surface area contributed by atoms with Gasteiger partial charge < -0.3 is 5.11 Å². The van der Waals surface area contributed by atoms with Crippen LogP contribution in [0, 0.1) is 11.8 Å². The molecule has 0 radical (unpaired) electrons. The van der Waals surface area contributed by atoms with Crippen molar-refractivity contribution in [3.63, 3.8) is 0 Å². The van der Waals surface area contributed by atoms with Gasteiger partial charge in [0.05, 0.1) is 5.92 Å². The minimum absolute atomic E-state index is 0.228. The normalized spacial score (nSPS) is 30.3. The lowest BCUT2D eigenvalue weighted by molar-refractivity contribution is -0.140. The number of carboxylic acid groups (broad SMARTS) is 1. The van der Waals surface area contributed by atoms with Crippen molar-refractivity contribution in [2.24, 2.45) is 11.8 Å². The molecule has 1 N–H and O–H groups in total. The molecule has 2 nitrogen and oxygen atoms in total. The van der Waals surface area contributed by atoms with Crippen molar-refractivity contribution in [1.29, 1.82) is 0 Å². The van der Waals surface area contributed by atoms with Crippen molar-refractivity contribution in [3.05, 3.63) is 12.2 Å². The molecule has 0 saturated carbocycles. The minimum atomic E-state index is -0.681. The van der Waals surface area contributed by atoms with Crippen molar-refractivity contribution in [3.8, 4) is 0 Å². The zero-order valence-corrected chi connectivity index (χ0v) is 6.79. The lowest BCUT2D eigenvalue weighted by atomic mass is 9.85. The predicted molar refractivity (Wildman–Crippen MR) is 43.3 cm³/mol. The molecular formula is C9H14O2. The van der Waals surface area contributed by atoms with E-state index >= 15 is 0 Å². The molecule has 2 heteroatoms. The van der Waals surface area contributed by atoms with Crippen LogP contribution in [0.25, 0.3) is 0 Å². The average molecular weight is 154 g/mol. The molecule has 1 aliphatic carbocycles. The third kappa shape index (κ3) is 2.07. The van der Waals surface area contributed by atoms with E-state index < -0.39 is 5.97 Å². The SMILES string of the molecule is CCC1CC=CC(C(=O)O)C1. The van der Waals surface area contributed by atoms with Gasteiger partial charge in [-0.25, -0.2) is 0 Å². The number of hydrogen-bond acceptors (Lipinski definition) is 1. The van der Waals surface area contributed by atoms with Gasteiger partial charge in [0.2, 0.25) is 0 Å². The molecule has 2 unspecified atom stereocenters. The van der Waals surface area contributed by atoms with E-state index in [2.05, 4.69) is 6.92 Å². The number of carbonyl (C=O) groups is 1. The van der Waals surface area contributed by atoms with E-state index in [1.165, 1.54) is 0 Å². The van der Waals surface area contributed by atoms with Gasteiger partial charge in [-0.2, -0.15) is 0 Å². The summed E-state index contributed by atoms with van der Waals surface area (Å²) in [6, 6.07) is 0. The summed E-state index contributed by atoms with van der Waals surface area (Å²) in [6.45, 7) is 2.11. The summed E-state index contributed by atoms with van der Waals surface area (Å²) < 4.78 is 0. The Morgan fingerprint density at radius 2 is 2.45 bits per heavy atom. The van der Waals surface area contributed by atoms with Crippen LogP contribution in [0.15, 0.2) is 12.2 Å². The molecule has 0 spiro atoms. The molecular weight excluding hydrogens is 140 g/mol. The van der Waals surface area contributed by atoms with Crippen LogP contribution in [-0.4, -0.2) is 11.1 Å². The molecule has 62 valence electrons. The van der Waals surface area contributed by atoms with Crippen molar-refractivity contribution >= 4 is 5.97 Å². The van der Waals surface area contributed by atoms with E-state index in [0.717, 1.165) is 19.3 Å². The largest absolute Gasteiger partial charge is 0.481 e. The maximum absolute atomic E-state index is 10.6. The van der Waals surface area contributed by atoms with Crippen molar-refractivity contribution in [1.82, 2.24) is 0 Å². The Balaban J connectivity index is 2.52. The van der Waals surface area contributed by atoms with Gasteiger partial charge in [0.1, 0.15) is 0 Å². The van der Waals surface area contributed by atoms with Gasteiger partial charge in [0, 0.05) is 0 Å². The number of hydrogen-bond donors (Lipinski definition) is 1. The van der Waals surface area contributed by atoms with E-state index in [9.17, 15) is 4.79 Å². The Kier molecular flexibility index (Phi) is 2.69. The molecule has 1 aliphatic rings. The number of allylic oxidation sites excluding steroid dienone is 1. The molecule has 0 amide bonds. The van der Waals surface area contributed by atoms with Crippen LogP contribution < -0.4 is 0 Å². The van der Waals surface area contributed by atoms with Gasteiger partial charge in [-0.15, -0.1) is 0 Å². The molecule has 2 atom stereocenters. The van der Waals surface area contributed by atoms with Gasteiger partial charge in [0.15, 0.2) is 0 Å². The van der Waals surface area contributed by atoms with E-state index in [0.29, 0.717) is 5.92 Å². The fourth-order valence-electron chi connectivity index (χ4n) is 1.49. The Bertz CT molecular complexity index is 172. The number of aliphatic carboxylic acids is 1. The van der Waals surface area contributed by atoms with Gasteiger partial charge in [-0.3, -0.25) is 4.79 Å². The van der Waals surface area contributed by atoms with Crippen LogP contribution in [0.4, 0.5) is 0 Å². The molecule has 0 heterocycles. The second kappa shape index (κ2) is 3.56. The van der Waals surface area contributed by atoms with Crippen LogP contribution >= 0.6 is 0 Å². The summed E-state index contributed by atoms with van der Waals surface area (Å²) in [5, 5.41) is 8.70. The monoisotopic (exact) mass is 154 g/mol. The van der Waals surface area contributed by atoms with Crippen LogP contribution in [0.1, 0.15) is 26.2 Å². The fourth-order valence-corrected chi connectivity index (χ4v) is 1.49. The highest BCUT2D eigenvalue weighted by molar-refractivity contribution is 5.72. The molecule has 11 heavy (non-hydrogen) atoms. The highest BCUT2D eigenvalue weighted by atomic mass is 16.4.